The van der Waals surface area contributed by atoms with E-state index in [1.807, 2.05) is 0 Å². The Kier molecular flexibility index (Phi) is 6.54. The Hall–Kier alpha value is -1.74. The minimum Gasteiger partial charge on any atom is -0.342 e. The molecule has 8 nitrogen and oxygen atoms in total. The fourth-order valence-corrected chi connectivity index (χ4v) is 4.42. The third-order valence-corrected chi connectivity index (χ3v) is 6.18. The number of unbranched alkanes of at least 4 members (excludes halogenated alkanes) is 4. The second-order valence-corrected chi connectivity index (χ2v) is 8.20. The van der Waals surface area contributed by atoms with Gasteiger partial charge in [0.05, 0.1) is 11.5 Å². The van der Waals surface area contributed by atoms with Gasteiger partial charge in [-0.15, -0.1) is 14.5 Å². The molecule has 1 saturated heterocycles. The lowest BCUT2D eigenvalue weighted by atomic mass is 9.57. The summed E-state index contributed by atoms with van der Waals surface area (Å²) in [6.07, 6.45) is 10.1. The van der Waals surface area contributed by atoms with Crippen LogP contribution in [0.2, 0.25) is 0 Å². The number of β-lactam (4-membered cyclic amide) rings is 1. The summed E-state index contributed by atoms with van der Waals surface area (Å²) in [5.41, 5.74) is -0.401. The zero-order chi connectivity index (χ0) is 20.2. The molecule has 2 aromatic heterocycles. The number of amides is 1. The van der Waals surface area contributed by atoms with E-state index in [1.54, 1.807) is 16.8 Å². The minimum absolute atomic E-state index is 0.130. The van der Waals surface area contributed by atoms with Crippen LogP contribution >= 0.6 is 12.0 Å². The first kappa shape index (κ1) is 21.0. The number of nitrogens with one attached hydrogen (secondary N) is 2. The summed E-state index contributed by atoms with van der Waals surface area (Å²) in [5, 5.41) is 14.9. The van der Waals surface area contributed by atoms with Crippen LogP contribution in [0.15, 0.2) is 6.07 Å². The van der Waals surface area contributed by atoms with Gasteiger partial charge in [0.1, 0.15) is 5.54 Å². The first-order valence-corrected chi connectivity index (χ1v) is 11.3. The van der Waals surface area contributed by atoms with E-state index in [-0.39, 0.29) is 5.91 Å². The molecule has 2 unspecified atom stereocenters. The highest BCUT2D eigenvalue weighted by Crippen LogP contribution is 2.53. The summed E-state index contributed by atoms with van der Waals surface area (Å²) in [5.74, 6) is 1.27. The van der Waals surface area contributed by atoms with Gasteiger partial charge in [-0.05, 0) is 19.8 Å². The van der Waals surface area contributed by atoms with E-state index in [1.165, 1.54) is 12.8 Å². The third kappa shape index (κ3) is 3.50. The Balaban J connectivity index is 1.91. The summed E-state index contributed by atoms with van der Waals surface area (Å²) in [6, 6.07) is 1.73. The fraction of sp³-hybridized carbons (Fsp3) is 0.737. The first-order chi connectivity index (χ1) is 13.5. The molecule has 1 fully saturated rings. The van der Waals surface area contributed by atoms with E-state index >= 15 is 0 Å². The van der Waals surface area contributed by atoms with Crippen LogP contribution < -0.4 is 10.2 Å². The number of H-pyrrole nitrogens is 1. The first-order valence-electron chi connectivity index (χ1n) is 10.2. The lowest BCUT2D eigenvalue weighted by molar-refractivity contribution is -0.160. The maximum Gasteiger partial charge on any atom is 0.254 e. The SMILES string of the molecule is CCCCCCC1(CCCC)C(=O)NC1(C)c1nnc2cc(OOSC)[nH]n12. The average Bonchev–Trinajstić information content (AvgIpc) is 3.25. The van der Waals surface area contributed by atoms with Crippen LogP contribution in [0, 0.1) is 5.41 Å². The Morgan fingerprint density at radius 3 is 2.57 bits per heavy atom. The molecule has 2 atom stereocenters. The van der Waals surface area contributed by atoms with E-state index in [4.69, 9.17) is 9.22 Å². The highest BCUT2D eigenvalue weighted by Gasteiger charge is 2.65. The number of carbonyl (C=O) groups is 1. The zero-order valence-electron chi connectivity index (χ0n) is 17.2. The number of carbonyl (C=O) groups excluding carboxylic acids is 1. The molecule has 9 heteroatoms. The van der Waals surface area contributed by atoms with Gasteiger partial charge in [-0.3, -0.25) is 9.89 Å². The number of rotatable bonds is 12. The molecule has 2 N–H and O–H groups in total. The molecule has 3 rings (SSSR count). The molecule has 1 aliphatic heterocycles. The monoisotopic (exact) mass is 409 g/mol. The van der Waals surface area contributed by atoms with E-state index in [9.17, 15) is 4.79 Å². The Morgan fingerprint density at radius 1 is 1.14 bits per heavy atom. The van der Waals surface area contributed by atoms with Gasteiger partial charge in [0.15, 0.2) is 11.5 Å². The van der Waals surface area contributed by atoms with E-state index < -0.39 is 11.0 Å². The molecule has 0 aliphatic carbocycles. The number of aromatic amines is 1. The molecule has 1 amide bonds. The standard InChI is InChI=1S/C19H31N5O3S/c1-5-7-9-10-12-19(11-8-6-2)17(25)20-18(19,3)16-22-21-14-13-15(23-24(14)16)26-27-28-4/h13,23H,5-12H2,1-4H3,(H,20,25). The quantitative estimate of drug-likeness (QED) is 0.180. The number of fused-ring (bicyclic) bond motifs is 1. The number of hydrogen-bond acceptors (Lipinski definition) is 6. The topological polar surface area (TPSA) is 93.5 Å². The largest absolute Gasteiger partial charge is 0.342 e. The maximum atomic E-state index is 12.9. The molecule has 0 bridgehead atoms. The van der Waals surface area contributed by atoms with Crippen molar-refractivity contribution in [3.8, 4) is 5.88 Å². The molecular formula is C19H31N5O3S. The molecule has 1 aliphatic rings. The van der Waals surface area contributed by atoms with Crippen molar-refractivity contribution in [1.29, 1.82) is 0 Å². The molecule has 28 heavy (non-hydrogen) atoms. The summed E-state index contributed by atoms with van der Waals surface area (Å²) in [7, 11) is 0. The Labute approximate surface area is 170 Å². The number of nitrogens with zero attached hydrogens (tertiary/aromatic N) is 3. The van der Waals surface area contributed by atoms with Crippen LogP contribution in [0.1, 0.15) is 78.0 Å². The van der Waals surface area contributed by atoms with Crippen molar-refractivity contribution in [2.24, 2.45) is 5.41 Å². The van der Waals surface area contributed by atoms with Crippen molar-refractivity contribution in [2.75, 3.05) is 6.26 Å². The fourth-order valence-electron chi connectivity index (χ4n) is 4.28. The molecule has 0 saturated carbocycles. The Morgan fingerprint density at radius 2 is 1.89 bits per heavy atom. The minimum atomic E-state index is -0.576. The van der Waals surface area contributed by atoms with Gasteiger partial charge in [-0.2, -0.15) is 0 Å². The molecule has 2 aromatic rings. The molecule has 156 valence electrons. The third-order valence-electron chi connectivity index (χ3n) is 5.98. The van der Waals surface area contributed by atoms with Crippen LogP contribution in [0.4, 0.5) is 0 Å². The van der Waals surface area contributed by atoms with Gasteiger partial charge < -0.3 is 10.2 Å². The van der Waals surface area contributed by atoms with Crippen LogP contribution in [-0.2, 0) is 14.7 Å². The predicted octanol–water partition coefficient (Wildman–Crippen LogP) is 4.14. The Bertz CT molecular complexity index is 807. The lowest BCUT2D eigenvalue weighted by Crippen LogP contribution is -2.73. The summed E-state index contributed by atoms with van der Waals surface area (Å²) in [6.45, 7) is 6.43. The molecule has 0 radical (unpaired) electrons. The summed E-state index contributed by atoms with van der Waals surface area (Å²) >= 11 is 1.11. The predicted molar refractivity (Wildman–Crippen MR) is 109 cm³/mol. The normalized spacial score (nSPS) is 24.4. The smallest absolute Gasteiger partial charge is 0.254 e. The van der Waals surface area contributed by atoms with E-state index in [2.05, 4.69) is 41.4 Å². The van der Waals surface area contributed by atoms with Gasteiger partial charge in [-0.25, -0.2) is 4.52 Å². The van der Waals surface area contributed by atoms with Gasteiger partial charge >= 0.3 is 0 Å². The van der Waals surface area contributed by atoms with Crippen molar-refractivity contribution in [3.05, 3.63) is 11.9 Å². The van der Waals surface area contributed by atoms with Gasteiger partial charge in [0.25, 0.3) is 5.88 Å². The molecule has 3 heterocycles. The number of aromatic nitrogens is 4. The van der Waals surface area contributed by atoms with Crippen molar-refractivity contribution < 1.29 is 14.0 Å². The second-order valence-electron chi connectivity index (χ2n) is 7.73. The van der Waals surface area contributed by atoms with Crippen molar-refractivity contribution >= 4 is 23.6 Å². The van der Waals surface area contributed by atoms with Crippen LogP contribution in [0.5, 0.6) is 5.88 Å². The second kappa shape index (κ2) is 8.73. The summed E-state index contributed by atoms with van der Waals surface area (Å²) in [4.78, 5) is 18.1. The summed E-state index contributed by atoms with van der Waals surface area (Å²) < 4.78 is 6.71. The van der Waals surface area contributed by atoms with Crippen molar-refractivity contribution in [1.82, 2.24) is 25.1 Å². The van der Waals surface area contributed by atoms with E-state index in [0.717, 1.165) is 50.6 Å². The van der Waals surface area contributed by atoms with Crippen LogP contribution in [0.3, 0.4) is 0 Å². The van der Waals surface area contributed by atoms with Crippen LogP contribution in [-0.4, -0.2) is 32.0 Å². The van der Waals surface area contributed by atoms with Crippen molar-refractivity contribution in [2.45, 2.75) is 77.7 Å². The zero-order valence-corrected chi connectivity index (χ0v) is 18.0. The molecule has 0 aromatic carbocycles. The molecular weight excluding hydrogens is 378 g/mol. The average molecular weight is 410 g/mol. The van der Waals surface area contributed by atoms with E-state index in [0.29, 0.717) is 17.4 Å². The highest BCUT2D eigenvalue weighted by molar-refractivity contribution is 7.93. The highest BCUT2D eigenvalue weighted by atomic mass is 32.2. The van der Waals surface area contributed by atoms with Crippen LogP contribution in [0.25, 0.3) is 5.65 Å². The lowest BCUT2D eigenvalue weighted by Gasteiger charge is -2.56. The molecule has 0 spiro atoms. The van der Waals surface area contributed by atoms with Crippen molar-refractivity contribution in [3.63, 3.8) is 0 Å². The number of hydrogen-bond donors (Lipinski definition) is 2. The maximum absolute atomic E-state index is 12.9. The van der Waals surface area contributed by atoms with Gasteiger partial charge in [-0.1, -0.05) is 52.4 Å². The van der Waals surface area contributed by atoms with Gasteiger partial charge in [0.2, 0.25) is 5.91 Å². The van der Waals surface area contributed by atoms with Gasteiger partial charge in [0, 0.05) is 18.3 Å².